The average molecular weight is 557 g/mol. The monoisotopic (exact) mass is 556 g/mol. The number of fused-ring (bicyclic) bond motifs is 1. The fraction of sp³-hybridized carbons (Fsp3) is 0.312. The number of rotatable bonds is 6. The molecule has 0 fully saturated rings. The summed E-state index contributed by atoms with van der Waals surface area (Å²) in [5.74, 6) is -0.904. The lowest BCUT2D eigenvalue weighted by Gasteiger charge is -2.25. The number of nitrogens with zero attached hydrogens (tertiary/aromatic N) is 1. The molecule has 0 aromatic heterocycles. The van der Waals surface area contributed by atoms with E-state index in [1.165, 1.54) is 0 Å². The molecule has 3 aromatic carbocycles. The van der Waals surface area contributed by atoms with E-state index in [9.17, 15) is 19.2 Å². The van der Waals surface area contributed by atoms with Gasteiger partial charge in [-0.1, -0.05) is 48.5 Å². The Labute approximate surface area is 240 Å². The fourth-order valence-electron chi connectivity index (χ4n) is 4.77. The second kappa shape index (κ2) is 12.7. The Morgan fingerprint density at radius 2 is 1.56 bits per heavy atom. The zero-order valence-electron chi connectivity index (χ0n) is 23.8. The molecule has 1 aliphatic heterocycles. The highest BCUT2D eigenvalue weighted by atomic mass is 16.6. The summed E-state index contributed by atoms with van der Waals surface area (Å²) in [5, 5.41) is 8.38. The van der Waals surface area contributed by atoms with Crippen LogP contribution in [0.3, 0.4) is 0 Å². The van der Waals surface area contributed by atoms with Crippen LogP contribution >= 0.6 is 0 Å². The number of hydrogen-bond donors (Lipinski definition) is 3. The molecule has 9 nitrogen and oxygen atoms in total. The molecule has 1 heterocycles. The topological polar surface area (TPSA) is 117 Å². The lowest BCUT2D eigenvalue weighted by molar-refractivity contribution is -0.121. The van der Waals surface area contributed by atoms with Gasteiger partial charge in [-0.2, -0.15) is 0 Å². The quantitative estimate of drug-likeness (QED) is 0.377. The van der Waals surface area contributed by atoms with Gasteiger partial charge in [0.25, 0.3) is 11.8 Å². The van der Waals surface area contributed by atoms with Gasteiger partial charge in [0.1, 0.15) is 12.1 Å². The predicted molar refractivity (Wildman–Crippen MR) is 158 cm³/mol. The zero-order valence-corrected chi connectivity index (χ0v) is 23.8. The molecular weight excluding hydrogens is 520 g/mol. The number of carbonyl (C=O) groups excluding carboxylic acids is 4. The van der Waals surface area contributed by atoms with Crippen LogP contribution in [0.2, 0.25) is 0 Å². The number of aryl methyl sites for hydroxylation is 1. The van der Waals surface area contributed by atoms with E-state index in [-0.39, 0.29) is 30.3 Å². The first-order valence-electron chi connectivity index (χ1n) is 13.7. The van der Waals surface area contributed by atoms with Gasteiger partial charge < -0.3 is 25.6 Å². The molecule has 1 unspecified atom stereocenters. The van der Waals surface area contributed by atoms with Crippen molar-refractivity contribution in [3.8, 4) is 0 Å². The second-order valence-electron chi connectivity index (χ2n) is 10.9. The maximum absolute atomic E-state index is 14.0. The summed E-state index contributed by atoms with van der Waals surface area (Å²) in [4.78, 5) is 53.4. The van der Waals surface area contributed by atoms with E-state index in [1.807, 2.05) is 43.3 Å². The number of carbonyl (C=O) groups is 4. The van der Waals surface area contributed by atoms with E-state index in [4.69, 9.17) is 4.74 Å². The van der Waals surface area contributed by atoms with Crippen LogP contribution in [0, 0.1) is 6.92 Å². The summed E-state index contributed by atoms with van der Waals surface area (Å²) in [5.41, 5.74) is 2.97. The SMILES string of the molecule is Cc1ccccc1C(=O)Nc1ccccc1C(=O)N1CCCC(NC(=O)CNC(=O)OC(C)(C)C)c2ccccc21. The van der Waals surface area contributed by atoms with Crippen LogP contribution in [-0.2, 0) is 9.53 Å². The van der Waals surface area contributed by atoms with Crippen molar-refractivity contribution in [3.63, 3.8) is 0 Å². The third-order valence-electron chi connectivity index (χ3n) is 6.65. The van der Waals surface area contributed by atoms with E-state index in [0.29, 0.717) is 41.9 Å². The Balaban J connectivity index is 1.52. The van der Waals surface area contributed by atoms with Gasteiger partial charge in [-0.25, -0.2) is 4.79 Å². The van der Waals surface area contributed by atoms with Crippen molar-refractivity contribution < 1.29 is 23.9 Å². The number of alkyl carbamates (subject to hydrolysis) is 1. The lowest BCUT2D eigenvalue weighted by atomic mass is 10.0. The van der Waals surface area contributed by atoms with Crippen molar-refractivity contribution in [2.75, 3.05) is 23.3 Å². The Hall–Kier alpha value is -4.66. The molecule has 4 rings (SSSR count). The Kier molecular flexibility index (Phi) is 9.07. The van der Waals surface area contributed by atoms with Crippen LogP contribution in [0.5, 0.6) is 0 Å². The lowest BCUT2D eigenvalue weighted by Crippen LogP contribution is -2.40. The Bertz CT molecular complexity index is 1450. The summed E-state index contributed by atoms with van der Waals surface area (Å²) in [6.07, 6.45) is 0.562. The number of hydrogen-bond acceptors (Lipinski definition) is 5. The van der Waals surface area contributed by atoms with Crippen LogP contribution in [0.1, 0.15) is 71.5 Å². The number of ether oxygens (including phenoxy) is 1. The van der Waals surface area contributed by atoms with Gasteiger partial charge in [0, 0.05) is 17.8 Å². The standard InChI is InChI=1S/C32H36N4O5/c1-21-12-5-6-13-22(21)29(38)35-26-16-9-7-15-24(26)30(39)36-19-11-17-25(23-14-8-10-18-27(23)36)34-28(37)20-33-31(40)41-32(2,3)4/h5-10,12-16,18,25H,11,17,19-20H2,1-4H3,(H,33,40)(H,34,37)(H,35,38). The molecule has 214 valence electrons. The van der Waals surface area contributed by atoms with E-state index in [1.54, 1.807) is 62.1 Å². The van der Waals surface area contributed by atoms with Gasteiger partial charge in [0.15, 0.2) is 0 Å². The average Bonchev–Trinajstić information content (AvgIpc) is 3.11. The van der Waals surface area contributed by atoms with Crippen LogP contribution in [0.4, 0.5) is 16.2 Å². The third-order valence-corrected chi connectivity index (χ3v) is 6.65. The zero-order chi connectivity index (χ0) is 29.6. The van der Waals surface area contributed by atoms with Crippen LogP contribution in [0.15, 0.2) is 72.8 Å². The molecule has 0 radical (unpaired) electrons. The van der Waals surface area contributed by atoms with E-state index < -0.39 is 11.7 Å². The smallest absolute Gasteiger partial charge is 0.408 e. The normalized spacial score (nSPS) is 14.7. The highest BCUT2D eigenvalue weighted by Gasteiger charge is 2.29. The molecule has 3 aromatic rings. The molecule has 1 atom stereocenters. The molecule has 1 aliphatic rings. The second-order valence-corrected chi connectivity index (χ2v) is 10.9. The summed E-state index contributed by atoms with van der Waals surface area (Å²) in [6, 6.07) is 21.3. The number of anilines is 2. The maximum Gasteiger partial charge on any atom is 0.408 e. The van der Waals surface area contributed by atoms with Crippen LogP contribution < -0.4 is 20.9 Å². The fourth-order valence-corrected chi connectivity index (χ4v) is 4.77. The minimum Gasteiger partial charge on any atom is -0.444 e. The Morgan fingerprint density at radius 3 is 2.29 bits per heavy atom. The molecule has 0 saturated heterocycles. The van der Waals surface area contributed by atoms with E-state index in [0.717, 1.165) is 11.1 Å². The number of nitrogens with one attached hydrogen (secondary N) is 3. The van der Waals surface area contributed by atoms with Crippen LogP contribution in [0.25, 0.3) is 0 Å². The van der Waals surface area contributed by atoms with Gasteiger partial charge in [-0.3, -0.25) is 14.4 Å². The van der Waals surface area contributed by atoms with Crippen molar-refractivity contribution in [2.45, 2.75) is 52.2 Å². The summed E-state index contributed by atoms with van der Waals surface area (Å²) in [6.45, 7) is 7.31. The highest BCUT2D eigenvalue weighted by molar-refractivity contribution is 6.14. The Morgan fingerprint density at radius 1 is 0.902 bits per heavy atom. The molecule has 4 amide bonds. The first kappa shape index (κ1) is 29.3. The molecule has 0 bridgehead atoms. The van der Waals surface area contributed by atoms with E-state index in [2.05, 4.69) is 16.0 Å². The highest BCUT2D eigenvalue weighted by Crippen LogP contribution is 2.34. The van der Waals surface area contributed by atoms with Crippen LogP contribution in [-0.4, -0.2) is 42.5 Å². The molecule has 0 spiro atoms. The maximum atomic E-state index is 14.0. The minimum absolute atomic E-state index is 0.232. The van der Waals surface area contributed by atoms with Crippen molar-refractivity contribution >= 4 is 35.2 Å². The number of para-hydroxylation sites is 2. The molecule has 0 saturated carbocycles. The van der Waals surface area contributed by atoms with Gasteiger partial charge in [0.2, 0.25) is 5.91 Å². The van der Waals surface area contributed by atoms with Crippen molar-refractivity contribution in [1.29, 1.82) is 0 Å². The third kappa shape index (κ3) is 7.51. The predicted octanol–water partition coefficient (Wildman–Crippen LogP) is 5.37. The summed E-state index contributed by atoms with van der Waals surface area (Å²) in [7, 11) is 0. The molecule has 41 heavy (non-hydrogen) atoms. The van der Waals surface area contributed by atoms with Crippen molar-refractivity contribution in [1.82, 2.24) is 10.6 Å². The van der Waals surface area contributed by atoms with Crippen molar-refractivity contribution in [2.24, 2.45) is 0 Å². The van der Waals surface area contributed by atoms with Gasteiger partial charge in [0.05, 0.1) is 17.3 Å². The number of amides is 4. The molecular formula is C32H36N4O5. The van der Waals surface area contributed by atoms with Crippen molar-refractivity contribution in [3.05, 3.63) is 95.1 Å². The van der Waals surface area contributed by atoms with Gasteiger partial charge in [-0.15, -0.1) is 0 Å². The first-order valence-corrected chi connectivity index (χ1v) is 13.7. The molecule has 3 N–H and O–H groups in total. The molecule has 9 heteroatoms. The van der Waals surface area contributed by atoms with E-state index >= 15 is 0 Å². The van der Waals surface area contributed by atoms with Gasteiger partial charge >= 0.3 is 6.09 Å². The molecule has 0 aliphatic carbocycles. The minimum atomic E-state index is -0.668. The van der Waals surface area contributed by atoms with Gasteiger partial charge in [-0.05, 0) is 75.9 Å². The largest absolute Gasteiger partial charge is 0.444 e. The summed E-state index contributed by atoms with van der Waals surface area (Å²) < 4.78 is 5.20. The number of benzene rings is 3. The summed E-state index contributed by atoms with van der Waals surface area (Å²) >= 11 is 0. The first-order chi connectivity index (χ1) is 19.5.